The van der Waals surface area contributed by atoms with E-state index in [4.69, 9.17) is 25.8 Å². The zero-order valence-electron chi connectivity index (χ0n) is 12.5. The number of methoxy groups -OCH3 is 1. The molecule has 1 aliphatic rings. The van der Waals surface area contributed by atoms with Crippen molar-refractivity contribution in [3.8, 4) is 0 Å². The molecule has 0 radical (unpaired) electrons. The lowest BCUT2D eigenvalue weighted by atomic mass is 10.1. The molecule has 0 spiro atoms. The Hall–Kier alpha value is -0.650. The molecule has 21 heavy (non-hydrogen) atoms. The summed E-state index contributed by atoms with van der Waals surface area (Å²) in [4.78, 5) is 0. The number of nitrogens with one attached hydrogen (secondary N) is 1. The first-order valence-electron chi connectivity index (χ1n) is 7.46. The van der Waals surface area contributed by atoms with Gasteiger partial charge in [0.25, 0.3) is 0 Å². The van der Waals surface area contributed by atoms with Gasteiger partial charge in [0.05, 0.1) is 32.5 Å². The molecule has 1 atom stereocenters. The fourth-order valence-electron chi connectivity index (χ4n) is 2.01. The van der Waals surface area contributed by atoms with Crippen LogP contribution < -0.4 is 5.32 Å². The zero-order chi connectivity index (χ0) is 14.9. The summed E-state index contributed by atoms with van der Waals surface area (Å²) in [5.41, 5.74) is 1.14. The van der Waals surface area contributed by atoms with Gasteiger partial charge >= 0.3 is 0 Å². The van der Waals surface area contributed by atoms with E-state index >= 15 is 0 Å². The van der Waals surface area contributed by atoms with E-state index in [9.17, 15) is 0 Å². The fraction of sp³-hybridized carbons (Fsp3) is 0.625. The standard InChI is InChI=1S/C16H24ClNO3/c1-19-8-9-20-10-11-21-16(12-18-15-6-7-15)13-2-4-14(17)5-3-13/h2-5,15-16,18H,6-12H2,1H3. The van der Waals surface area contributed by atoms with E-state index < -0.39 is 0 Å². The molecule has 1 fully saturated rings. The average Bonchev–Trinajstić information content (AvgIpc) is 3.31. The maximum atomic E-state index is 5.96. The number of hydrogen-bond acceptors (Lipinski definition) is 4. The van der Waals surface area contributed by atoms with Crippen molar-refractivity contribution in [3.05, 3.63) is 34.9 Å². The molecule has 0 aromatic heterocycles. The molecular formula is C16H24ClNO3. The molecular weight excluding hydrogens is 290 g/mol. The minimum atomic E-state index is 0.0360. The highest BCUT2D eigenvalue weighted by Crippen LogP contribution is 2.23. The van der Waals surface area contributed by atoms with Gasteiger partial charge in [-0.2, -0.15) is 0 Å². The van der Waals surface area contributed by atoms with Crippen molar-refractivity contribution in [2.45, 2.75) is 25.0 Å². The van der Waals surface area contributed by atoms with E-state index in [-0.39, 0.29) is 6.10 Å². The van der Waals surface area contributed by atoms with Gasteiger partial charge in [-0.1, -0.05) is 23.7 Å². The van der Waals surface area contributed by atoms with Crippen LogP contribution in [0, 0.1) is 0 Å². The quantitative estimate of drug-likeness (QED) is 0.638. The van der Waals surface area contributed by atoms with Gasteiger partial charge in [-0.05, 0) is 30.5 Å². The van der Waals surface area contributed by atoms with Crippen molar-refractivity contribution in [1.82, 2.24) is 5.32 Å². The third-order valence-electron chi connectivity index (χ3n) is 3.39. The van der Waals surface area contributed by atoms with Gasteiger partial charge in [-0.3, -0.25) is 0 Å². The Labute approximate surface area is 131 Å². The molecule has 1 aromatic carbocycles. The van der Waals surface area contributed by atoms with Crippen molar-refractivity contribution in [2.24, 2.45) is 0 Å². The highest BCUT2D eigenvalue weighted by atomic mass is 35.5. The molecule has 2 rings (SSSR count). The molecule has 0 bridgehead atoms. The smallest absolute Gasteiger partial charge is 0.0950 e. The maximum Gasteiger partial charge on any atom is 0.0950 e. The molecule has 1 N–H and O–H groups in total. The minimum absolute atomic E-state index is 0.0360. The molecule has 4 nitrogen and oxygen atoms in total. The monoisotopic (exact) mass is 313 g/mol. The Morgan fingerprint density at radius 2 is 1.86 bits per heavy atom. The van der Waals surface area contributed by atoms with E-state index in [0.29, 0.717) is 32.5 Å². The van der Waals surface area contributed by atoms with Gasteiger partial charge in [-0.25, -0.2) is 0 Å². The fourth-order valence-corrected chi connectivity index (χ4v) is 2.13. The van der Waals surface area contributed by atoms with Crippen LogP contribution in [0.15, 0.2) is 24.3 Å². The Balaban J connectivity index is 1.75. The largest absolute Gasteiger partial charge is 0.382 e. The normalized spacial score (nSPS) is 16.1. The van der Waals surface area contributed by atoms with E-state index in [0.717, 1.165) is 17.1 Å². The first kappa shape index (κ1) is 16.7. The van der Waals surface area contributed by atoms with Crippen molar-refractivity contribution < 1.29 is 14.2 Å². The number of hydrogen-bond donors (Lipinski definition) is 1. The second-order valence-corrected chi connectivity index (χ2v) is 5.64. The topological polar surface area (TPSA) is 39.7 Å². The van der Waals surface area contributed by atoms with Gasteiger partial charge in [0, 0.05) is 24.7 Å². The van der Waals surface area contributed by atoms with Gasteiger partial charge in [0.2, 0.25) is 0 Å². The van der Waals surface area contributed by atoms with E-state index in [1.807, 2.05) is 24.3 Å². The molecule has 118 valence electrons. The number of halogens is 1. The molecule has 0 aliphatic heterocycles. The second kappa shape index (κ2) is 9.38. The minimum Gasteiger partial charge on any atom is -0.382 e. The SMILES string of the molecule is COCCOCCOC(CNC1CC1)c1ccc(Cl)cc1. The highest BCUT2D eigenvalue weighted by molar-refractivity contribution is 6.30. The molecule has 0 heterocycles. The average molecular weight is 314 g/mol. The van der Waals surface area contributed by atoms with Gasteiger partial charge in [0.1, 0.15) is 0 Å². The molecule has 0 saturated heterocycles. The third-order valence-corrected chi connectivity index (χ3v) is 3.64. The van der Waals surface area contributed by atoms with Gasteiger partial charge in [0.15, 0.2) is 0 Å². The summed E-state index contributed by atoms with van der Waals surface area (Å²) < 4.78 is 16.3. The van der Waals surface area contributed by atoms with Crippen LogP contribution in [0.3, 0.4) is 0 Å². The van der Waals surface area contributed by atoms with E-state index in [1.165, 1.54) is 12.8 Å². The Morgan fingerprint density at radius 1 is 1.14 bits per heavy atom. The van der Waals surface area contributed by atoms with Crippen LogP contribution in [0.1, 0.15) is 24.5 Å². The predicted octanol–water partition coefficient (Wildman–Crippen LogP) is 2.81. The lowest BCUT2D eigenvalue weighted by Gasteiger charge is -2.19. The summed E-state index contributed by atoms with van der Waals surface area (Å²) in [6, 6.07) is 8.51. The molecule has 1 aromatic rings. The summed E-state index contributed by atoms with van der Waals surface area (Å²) >= 11 is 5.94. The van der Waals surface area contributed by atoms with Gasteiger partial charge in [-0.15, -0.1) is 0 Å². The molecule has 5 heteroatoms. The van der Waals surface area contributed by atoms with Crippen molar-refractivity contribution in [1.29, 1.82) is 0 Å². The molecule has 1 unspecified atom stereocenters. The Kier molecular flexibility index (Phi) is 7.47. The summed E-state index contributed by atoms with van der Waals surface area (Å²) in [7, 11) is 1.67. The number of benzene rings is 1. The molecule has 0 amide bonds. The van der Waals surface area contributed by atoms with Gasteiger partial charge < -0.3 is 19.5 Å². The van der Waals surface area contributed by atoms with Crippen LogP contribution >= 0.6 is 11.6 Å². The zero-order valence-corrected chi connectivity index (χ0v) is 13.3. The van der Waals surface area contributed by atoms with Crippen LogP contribution in [-0.2, 0) is 14.2 Å². The van der Waals surface area contributed by atoms with Crippen LogP contribution in [-0.4, -0.2) is 46.1 Å². The number of ether oxygens (including phenoxy) is 3. The Morgan fingerprint density at radius 3 is 2.52 bits per heavy atom. The molecule has 1 saturated carbocycles. The lowest BCUT2D eigenvalue weighted by Crippen LogP contribution is -2.26. The van der Waals surface area contributed by atoms with Crippen molar-refractivity contribution >= 4 is 11.6 Å². The van der Waals surface area contributed by atoms with E-state index in [2.05, 4.69) is 5.32 Å². The van der Waals surface area contributed by atoms with Crippen LogP contribution in [0.2, 0.25) is 5.02 Å². The summed E-state index contributed by atoms with van der Waals surface area (Å²) in [6.45, 7) is 3.19. The highest BCUT2D eigenvalue weighted by Gasteiger charge is 2.22. The second-order valence-electron chi connectivity index (χ2n) is 5.20. The first-order chi connectivity index (χ1) is 10.3. The van der Waals surface area contributed by atoms with E-state index in [1.54, 1.807) is 7.11 Å². The third kappa shape index (κ3) is 6.76. The van der Waals surface area contributed by atoms with Crippen molar-refractivity contribution in [3.63, 3.8) is 0 Å². The molecule has 1 aliphatic carbocycles. The predicted molar refractivity (Wildman–Crippen MR) is 83.9 cm³/mol. The summed E-state index contributed by atoms with van der Waals surface area (Å²) in [5, 5.41) is 4.26. The van der Waals surface area contributed by atoms with Crippen LogP contribution in [0.5, 0.6) is 0 Å². The summed E-state index contributed by atoms with van der Waals surface area (Å²) in [6.07, 6.45) is 2.58. The first-order valence-corrected chi connectivity index (χ1v) is 7.84. The number of rotatable bonds is 11. The summed E-state index contributed by atoms with van der Waals surface area (Å²) in [5.74, 6) is 0. The maximum absolute atomic E-state index is 5.96. The van der Waals surface area contributed by atoms with Crippen molar-refractivity contribution in [2.75, 3.05) is 40.1 Å². The lowest BCUT2D eigenvalue weighted by molar-refractivity contribution is -0.00697. The Bertz CT molecular complexity index is 395. The van der Waals surface area contributed by atoms with Crippen LogP contribution in [0.4, 0.5) is 0 Å². The van der Waals surface area contributed by atoms with Crippen LogP contribution in [0.25, 0.3) is 0 Å².